The molecule has 1 aromatic heterocycles. The molecule has 0 spiro atoms. The van der Waals surface area contributed by atoms with Crippen LogP contribution in [0.15, 0.2) is 23.0 Å². The Kier molecular flexibility index (Phi) is 2.34. The highest BCUT2D eigenvalue weighted by Crippen LogP contribution is 2.21. The summed E-state index contributed by atoms with van der Waals surface area (Å²) in [6, 6.07) is 5.45. The zero-order chi connectivity index (χ0) is 12.8. The van der Waals surface area contributed by atoms with Gasteiger partial charge in [0.15, 0.2) is 0 Å². The Balaban J connectivity index is 2.86. The van der Waals surface area contributed by atoms with Gasteiger partial charge in [0.1, 0.15) is 5.54 Å². The number of aromatic nitrogens is 2. The van der Waals surface area contributed by atoms with Gasteiger partial charge >= 0.3 is 11.7 Å². The molecule has 0 bridgehead atoms. The van der Waals surface area contributed by atoms with Crippen LogP contribution in [0.4, 0.5) is 0 Å². The summed E-state index contributed by atoms with van der Waals surface area (Å²) in [6.07, 6.45) is 0. The van der Waals surface area contributed by atoms with Crippen molar-refractivity contribution in [2.75, 3.05) is 0 Å². The predicted octanol–water partition coefficient (Wildman–Crippen LogP) is 1.46. The van der Waals surface area contributed by atoms with E-state index in [4.69, 9.17) is 0 Å². The highest BCUT2D eigenvalue weighted by atomic mass is 16.4. The molecule has 1 heterocycles. The van der Waals surface area contributed by atoms with E-state index in [1.165, 1.54) is 18.4 Å². The molecule has 2 N–H and O–H groups in total. The van der Waals surface area contributed by atoms with Crippen LogP contribution in [0.1, 0.15) is 19.4 Å². The zero-order valence-corrected chi connectivity index (χ0v) is 9.94. The minimum absolute atomic E-state index is 0.405. The van der Waals surface area contributed by atoms with Crippen LogP contribution in [0.5, 0.6) is 0 Å². The van der Waals surface area contributed by atoms with Gasteiger partial charge in [-0.25, -0.2) is 9.59 Å². The maximum absolute atomic E-state index is 11.8. The highest BCUT2D eigenvalue weighted by Gasteiger charge is 2.32. The largest absolute Gasteiger partial charge is 0.480 e. The topological polar surface area (TPSA) is 75.1 Å². The highest BCUT2D eigenvalue weighted by molar-refractivity contribution is 5.82. The standard InChI is InChI=1S/C12H14N2O3/c1-7-4-5-8-9(6-7)14(11(17)13-8)12(2,3)10(15)16/h4-6H,1-3H3,(H,13,17)(H,15,16). The van der Waals surface area contributed by atoms with Crippen molar-refractivity contribution in [2.24, 2.45) is 0 Å². The number of nitrogens with one attached hydrogen (secondary N) is 1. The molecule has 17 heavy (non-hydrogen) atoms. The fourth-order valence-corrected chi connectivity index (χ4v) is 1.86. The Hall–Kier alpha value is -2.04. The normalized spacial score (nSPS) is 11.9. The van der Waals surface area contributed by atoms with Gasteiger partial charge in [0, 0.05) is 0 Å². The summed E-state index contributed by atoms with van der Waals surface area (Å²) >= 11 is 0. The number of aryl methyl sites for hydroxylation is 1. The molecule has 0 aliphatic carbocycles. The summed E-state index contributed by atoms with van der Waals surface area (Å²) in [4.78, 5) is 25.7. The molecule has 0 amide bonds. The monoisotopic (exact) mass is 234 g/mol. The molecule has 0 atom stereocenters. The molecular formula is C12H14N2O3. The van der Waals surface area contributed by atoms with Gasteiger partial charge in [-0.05, 0) is 38.5 Å². The molecule has 2 rings (SSSR count). The number of fused-ring (bicyclic) bond motifs is 1. The molecule has 1 aromatic carbocycles. The number of carboxylic acid groups (broad SMARTS) is 1. The fraction of sp³-hybridized carbons (Fsp3) is 0.333. The first-order valence-electron chi connectivity index (χ1n) is 5.29. The second-order valence-electron chi connectivity index (χ2n) is 4.65. The third-order valence-electron chi connectivity index (χ3n) is 2.92. The van der Waals surface area contributed by atoms with E-state index >= 15 is 0 Å². The number of aliphatic carboxylic acids is 1. The maximum atomic E-state index is 11.8. The van der Waals surface area contributed by atoms with Crippen LogP contribution in [-0.4, -0.2) is 20.6 Å². The first-order chi connectivity index (χ1) is 7.84. The molecule has 2 aromatic rings. The number of carboxylic acids is 1. The van der Waals surface area contributed by atoms with Crippen molar-refractivity contribution in [2.45, 2.75) is 26.3 Å². The molecule has 5 heteroatoms. The first-order valence-corrected chi connectivity index (χ1v) is 5.29. The summed E-state index contributed by atoms with van der Waals surface area (Å²) in [5, 5.41) is 9.19. The van der Waals surface area contributed by atoms with Crippen molar-refractivity contribution in [3.05, 3.63) is 34.2 Å². The number of aromatic amines is 1. The van der Waals surface area contributed by atoms with Gasteiger partial charge < -0.3 is 10.1 Å². The van der Waals surface area contributed by atoms with E-state index in [0.717, 1.165) is 5.56 Å². The van der Waals surface area contributed by atoms with Crippen molar-refractivity contribution in [3.63, 3.8) is 0 Å². The van der Waals surface area contributed by atoms with E-state index in [2.05, 4.69) is 4.98 Å². The van der Waals surface area contributed by atoms with Gasteiger partial charge in [-0.1, -0.05) is 6.07 Å². The van der Waals surface area contributed by atoms with Crippen molar-refractivity contribution < 1.29 is 9.90 Å². The summed E-state index contributed by atoms with van der Waals surface area (Å²) in [5.74, 6) is -1.04. The predicted molar refractivity (Wildman–Crippen MR) is 64.3 cm³/mol. The Morgan fingerprint density at radius 2 is 2.06 bits per heavy atom. The SMILES string of the molecule is Cc1ccc2[nH]c(=O)n(C(C)(C)C(=O)O)c2c1. The molecule has 5 nitrogen and oxygen atoms in total. The van der Waals surface area contributed by atoms with Gasteiger partial charge in [-0.3, -0.25) is 4.57 Å². The van der Waals surface area contributed by atoms with E-state index < -0.39 is 17.2 Å². The second-order valence-corrected chi connectivity index (χ2v) is 4.65. The lowest BCUT2D eigenvalue weighted by Crippen LogP contribution is -2.41. The third kappa shape index (κ3) is 1.63. The quantitative estimate of drug-likeness (QED) is 0.826. The lowest BCUT2D eigenvalue weighted by molar-refractivity contribution is -0.145. The van der Waals surface area contributed by atoms with Gasteiger partial charge in [-0.15, -0.1) is 0 Å². The van der Waals surface area contributed by atoms with Crippen LogP contribution in [-0.2, 0) is 10.3 Å². The Labute approximate surface area is 97.7 Å². The fourth-order valence-electron chi connectivity index (χ4n) is 1.86. The molecule has 0 saturated carbocycles. The summed E-state index contributed by atoms with van der Waals surface area (Å²) in [6.45, 7) is 4.91. The number of benzene rings is 1. The summed E-state index contributed by atoms with van der Waals surface area (Å²) in [7, 11) is 0. The molecule has 0 unspecified atom stereocenters. The van der Waals surface area contributed by atoms with Crippen LogP contribution >= 0.6 is 0 Å². The molecule has 0 aliphatic rings. The van der Waals surface area contributed by atoms with Crippen LogP contribution in [0.25, 0.3) is 11.0 Å². The minimum Gasteiger partial charge on any atom is -0.480 e. The zero-order valence-electron chi connectivity index (χ0n) is 9.94. The Morgan fingerprint density at radius 1 is 1.41 bits per heavy atom. The number of hydrogen-bond donors (Lipinski definition) is 2. The van der Waals surface area contributed by atoms with Gasteiger partial charge in [-0.2, -0.15) is 0 Å². The molecule has 0 radical (unpaired) electrons. The van der Waals surface area contributed by atoms with E-state index in [-0.39, 0.29) is 0 Å². The average Bonchev–Trinajstić information content (AvgIpc) is 2.53. The van der Waals surface area contributed by atoms with Crippen molar-refractivity contribution >= 4 is 17.0 Å². The molecule has 90 valence electrons. The van der Waals surface area contributed by atoms with Gasteiger partial charge in [0.25, 0.3) is 0 Å². The lowest BCUT2D eigenvalue weighted by Gasteiger charge is -2.21. The van der Waals surface area contributed by atoms with Crippen molar-refractivity contribution in [1.29, 1.82) is 0 Å². The van der Waals surface area contributed by atoms with Crippen LogP contribution in [0.2, 0.25) is 0 Å². The molecular weight excluding hydrogens is 220 g/mol. The van der Waals surface area contributed by atoms with Crippen LogP contribution in [0, 0.1) is 6.92 Å². The van der Waals surface area contributed by atoms with Crippen molar-refractivity contribution in [3.8, 4) is 0 Å². The number of H-pyrrole nitrogens is 1. The van der Waals surface area contributed by atoms with Gasteiger partial charge in [0.2, 0.25) is 0 Å². The second kappa shape index (κ2) is 3.48. The smallest absolute Gasteiger partial charge is 0.329 e. The number of hydrogen-bond acceptors (Lipinski definition) is 2. The van der Waals surface area contributed by atoms with E-state index in [1.807, 2.05) is 13.0 Å². The van der Waals surface area contributed by atoms with Crippen LogP contribution in [0.3, 0.4) is 0 Å². The Morgan fingerprint density at radius 3 is 2.65 bits per heavy atom. The van der Waals surface area contributed by atoms with Crippen molar-refractivity contribution in [1.82, 2.24) is 9.55 Å². The third-order valence-corrected chi connectivity index (χ3v) is 2.92. The van der Waals surface area contributed by atoms with E-state index in [9.17, 15) is 14.7 Å². The number of nitrogens with zero attached hydrogens (tertiary/aromatic N) is 1. The lowest BCUT2D eigenvalue weighted by atomic mass is 10.1. The van der Waals surface area contributed by atoms with E-state index in [1.54, 1.807) is 12.1 Å². The van der Waals surface area contributed by atoms with E-state index in [0.29, 0.717) is 11.0 Å². The van der Waals surface area contributed by atoms with Crippen LogP contribution < -0.4 is 5.69 Å². The first kappa shape index (κ1) is 11.4. The maximum Gasteiger partial charge on any atom is 0.329 e. The molecule has 0 fully saturated rings. The number of imidazole rings is 1. The van der Waals surface area contributed by atoms with Gasteiger partial charge in [0.05, 0.1) is 11.0 Å². The average molecular weight is 234 g/mol. The summed E-state index contributed by atoms with van der Waals surface area (Å²) < 4.78 is 1.28. The number of rotatable bonds is 2. The Bertz CT molecular complexity index is 649. The number of carbonyl (C=O) groups is 1. The minimum atomic E-state index is -1.27. The summed E-state index contributed by atoms with van der Waals surface area (Å²) in [5.41, 5.74) is 0.560. The molecule has 0 saturated heterocycles. The molecule has 0 aliphatic heterocycles.